The molecule has 90 heavy (non-hydrogen) atoms. The lowest BCUT2D eigenvalue weighted by molar-refractivity contribution is -0.355. The van der Waals surface area contributed by atoms with E-state index < -0.39 is 182 Å². The van der Waals surface area contributed by atoms with Crippen LogP contribution in [-0.2, 0) is 71.3 Å². The van der Waals surface area contributed by atoms with Crippen molar-refractivity contribution in [1.29, 1.82) is 0 Å². The molecule has 4 unspecified atom stereocenters. The Kier molecular flexibility index (Phi) is 28.3. The normalized spacial score (nSPS) is 42.7. The van der Waals surface area contributed by atoms with Gasteiger partial charge in [-0.1, -0.05) is 71.1 Å². The number of hydrogen-bond acceptors (Lipinski definition) is 25. The maximum Gasteiger partial charge on any atom is 0.511 e. The molecule has 2 bridgehead atoms. The van der Waals surface area contributed by atoms with Crippen molar-refractivity contribution in [3.8, 4) is 0 Å². The molecule has 6 rings (SSSR count). The first-order valence-electron chi connectivity index (χ1n) is 31.6. The maximum atomic E-state index is 14.7. The molecule has 5 heterocycles. The van der Waals surface area contributed by atoms with Gasteiger partial charge in [-0.25, -0.2) is 9.59 Å². The van der Waals surface area contributed by atoms with E-state index in [1.54, 1.807) is 47.8 Å². The monoisotopic (exact) mass is 1280 g/mol. The quantitative estimate of drug-likeness (QED) is 0.0766. The molecule has 26 nitrogen and oxygen atoms in total. The van der Waals surface area contributed by atoms with Crippen LogP contribution in [0, 0.1) is 35.5 Å². The second kappa shape index (κ2) is 34.1. The van der Waals surface area contributed by atoms with Crippen LogP contribution in [0.15, 0.2) is 47.6 Å². The fourth-order valence-corrected chi connectivity index (χ4v) is 13.1. The number of aliphatic hydroxyl groups excluding tert-OH is 8. The zero-order chi connectivity index (χ0) is 66.5. The summed E-state index contributed by atoms with van der Waals surface area (Å²) >= 11 is 0. The van der Waals surface area contributed by atoms with Crippen molar-refractivity contribution < 1.29 is 122 Å². The third-order valence-corrected chi connectivity index (χ3v) is 18.9. The Morgan fingerprint density at radius 1 is 0.733 bits per heavy atom. The fourth-order valence-electron chi connectivity index (χ4n) is 13.1. The van der Waals surface area contributed by atoms with Crippen molar-refractivity contribution in [3.63, 3.8) is 0 Å². The van der Waals surface area contributed by atoms with Crippen LogP contribution in [0.5, 0.6) is 0 Å². The third kappa shape index (κ3) is 18.5. The van der Waals surface area contributed by atoms with Crippen molar-refractivity contribution in [2.75, 3.05) is 41.1 Å². The topological polar surface area (TPSA) is 380 Å². The molecule has 1 saturated carbocycles. The number of aliphatic hydroxyl groups is 9. The van der Waals surface area contributed by atoms with E-state index in [0.29, 0.717) is 50.5 Å². The van der Waals surface area contributed by atoms with Crippen LogP contribution in [0.3, 0.4) is 0 Å². The number of Topliss-reactive ketones (excluding diaryl/α,β-unsaturated/α-hetero) is 3. The van der Waals surface area contributed by atoms with Gasteiger partial charge in [0.25, 0.3) is 11.7 Å². The summed E-state index contributed by atoms with van der Waals surface area (Å²) in [5, 5.41) is 96.5. The largest absolute Gasteiger partial charge is 0.511 e. The lowest BCUT2D eigenvalue weighted by atomic mass is 9.78. The molecule has 1 aliphatic carbocycles. The number of hydrogen-bond donors (Lipinski definition) is 9. The summed E-state index contributed by atoms with van der Waals surface area (Å²) in [6.07, 6.45) is -11.3. The number of allylic oxidation sites excluding steroid dienone is 6. The molecule has 0 radical (unpaired) electrons. The van der Waals surface area contributed by atoms with Gasteiger partial charge in [-0.2, -0.15) is 0 Å². The van der Waals surface area contributed by atoms with Crippen LogP contribution in [-0.4, -0.2) is 243 Å². The highest BCUT2D eigenvalue weighted by Crippen LogP contribution is 2.39. The summed E-state index contributed by atoms with van der Waals surface area (Å²) in [6.45, 7) is 10.6. The van der Waals surface area contributed by atoms with Crippen LogP contribution in [0.4, 0.5) is 4.79 Å². The summed E-state index contributed by atoms with van der Waals surface area (Å²) in [5.74, 6) is -9.44. The van der Waals surface area contributed by atoms with E-state index in [4.69, 9.17) is 47.4 Å². The van der Waals surface area contributed by atoms with Gasteiger partial charge in [-0.3, -0.25) is 19.2 Å². The summed E-state index contributed by atoms with van der Waals surface area (Å²) in [5.41, 5.74) is 1.13. The number of amides is 1. The minimum Gasteiger partial charge on any atom is -0.460 e. The van der Waals surface area contributed by atoms with Gasteiger partial charge >= 0.3 is 12.1 Å². The van der Waals surface area contributed by atoms with Gasteiger partial charge < -0.3 is 98.2 Å². The number of carbonyl (C=O) groups is 6. The molecule has 25 atom stereocenters. The van der Waals surface area contributed by atoms with Crippen molar-refractivity contribution in [3.05, 3.63) is 47.6 Å². The second-order valence-electron chi connectivity index (χ2n) is 25.6. The van der Waals surface area contributed by atoms with Gasteiger partial charge in [0, 0.05) is 58.5 Å². The molecule has 4 saturated heterocycles. The highest BCUT2D eigenvalue weighted by atomic mass is 16.8. The summed E-state index contributed by atoms with van der Waals surface area (Å²) in [4.78, 5) is 86.4. The first-order chi connectivity index (χ1) is 42.6. The Morgan fingerprint density at radius 3 is 2.09 bits per heavy atom. The Balaban J connectivity index is 1.20. The molecule has 0 spiro atoms. The number of rotatable bonds is 12. The van der Waals surface area contributed by atoms with Crippen LogP contribution >= 0.6 is 0 Å². The van der Waals surface area contributed by atoms with E-state index in [0.717, 1.165) is 10.5 Å². The molecule has 5 fully saturated rings. The molecule has 6 aliphatic rings. The molecule has 9 N–H and O–H groups in total. The average Bonchev–Trinajstić information content (AvgIpc) is 0.826. The van der Waals surface area contributed by atoms with Gasteiger partial charge in [0.1, 0.15) is 85.1 Å². The minimum atomic E-state index is -2.52. The number of ketones is 3. The summed E-state index contributed by atoms with van der Waals surface area (Å²) in [7, 11) is 4.28. The smallest absolute Gasteiger partial charge is 0.460 e. The Hall–Kier alpha value is -4.46. The lowest BCUT2D eigenvalue weighted by Crippen LogP contribution is -2.64. The van der Waals surface area contributed by atoms with Crippen molar-refractivity contribution >= 4 is 35.4 Å². The number of fused-ring (bicyclic) bond motifs is 3. The summed E-state index contributed by atoms with van der Waals surface area (Å²) in [6, 6.07) is -1.28. The van der Waals surface area contributed by atoms with Gasteiger partial charge in [-0.15, -0.1) is 0 Å². The fraction of sp³-hybridized carbons (Fsp3) is 0.781. The number of methoxy groups -OCH3 is 3. The number of esters is 1. The van der Waals surface area contributed by atoms with E-state index in [1.165, 1.54) is 14.2 Å². The lowest BCUT2D eigenvalue weighted by Gasteiger charge is -2.45. The highest BCUT2D eigenvalue weighted by Gasteiger charge is 2.55. The van der Waals surface area contributed by atoms with Gasteiger partial charge in [0.15, 0.2) is 12.1 Å². The van der Waals surface area contributed by atoms with Crippen LogP contribution in [0.1, 0.15) is 126 Å². The van der Waals surface area contributed by atoms with E-state index in [9.17, 15) is 74.7 Å². The zero-order valence-electron chi connectivity index (χ0n) is 53.4. The number of carbonyl (C=O) groups excluding carboxylic acids is 6. The Labute approximate surface area is 526 Å². The van der Waals surface area contributed by atoms with E-state index in [-0.39, 0.29) is 56.3 Å². The summed E-state index contributed by atoms with van der Waals surface area (Å²) < 4.78 is 57.3. The zero-order valence-corrected chi connectivity index (χ0v) is 53.4. The van der Waals surface area contributed by atoms with E-state index in [2.05, 4.69) is 0 Å². The van der Waals surface area contributed by atoms with Crippen LogP contribution < -0.4 is 0 Å². The molecular weight excluding hydrogens is 1180 g/mol. The standard InChI is InChI=1S/C64H99NO25/c1-32-16-12-11-13-17-33(2)44(81-8)28-40-21-19-38(7)64(80,90-40)58(76)59(77)65-23-15-14-18-41(65)60(78)84-45(29-42(68)34(3)25-37(6)50(70)57(83-10)49(69)36(5)24-32)35(4)26-39-20-22-43(46(27-39)82-9)87-63(79)89-62-55(75)53(73)56(48(31-67)86-62)88-61-54(74)52(72)51(71)47(30-66)85-61/h11-13,16-17,25,32,34-36,38-41,43-48,50-57,61-62,66-67,70-75,80H,14-15,18-24,26-31H2,1-10H3/b13-11+,16-12+,33-17+,37-25+/t32-,34-,35-,36-,38-,39?,40+,41?,43-,44+,45+,46-,47+,48-,50-,51-,52-,53-,54+,55-,56-,57+,61?,62?,64-/m1/s1. The maximum absolute atomic E-state index is 14.7. The molecule has 510 valence electrons. The minimum absolute atomic E-state index is 0.0114. The SMILES string of the molecule is CO[C@H]1C[C@@H]2CC[C@@H](C)[C@@](O)(O2)C(=O)C(=O)N2CCCCC2C(=O)O[C@H]([C@H](C)CC2CC[C@@H](OC(=O)OC3O[C@H](CO)[C@@H](OC4O[C@@H](CO)[C@@H](O)[C@@H](O)[C@@H]4O)[C@H](O)[C@H]3O)[C@H](OC)C2)CC(=O)[C@H](C)/C=C(\C)[C@@H](O)[C@@H](OC)C(=O)[C@H](C)C[C@H](C)/C=C/C=C/C=C/1C. The predicted octanol–water partition coefficient (Wildman–Crippen LogP) is 1.97. The molecule has 0 aromatic rings. The van der Waals surface area contributed by atoms with Crippen molar-refractivity contribution in [2.45, 2.75) is 241 Å². The van der Waals surface area contributed by atoms with E-state index >= 15 is 0 Å². The third-order valence-electron chi connectivity index (χ3n) is 18.9. The number of piperidine rings is 1. The second-order valence-corrected chi connectivity index (χ2v) is 25.6. The molecule has 5 aliphatic heterocycles. The molecule has 0 aromatic carbocycles. The van der Waals surface area contributed by atoms with Crippen LogP contribution in [0.2, 0.25) is 0 Å². The average molecular weight is 1280 g/mol. The predicted molar refractivity (Wildman–Crippen MR) is 317 cm³/mol. The first-order valence-corrected chi connectivity index (χ1v) is 31.6. The first kappa shape index (κ1) is 74.6. The Bertz CT molecular complexity index is 2520. The number of cyclic esters (lactones) is 1. The van der Waals surface area contributed by atoms with E-state index in [1.807, 2.05) is 44.2 Å². The molecule has 0 aromatic heterocycles. The molecule has 26 heteroatoms. The molecular formula is C64H99NO25. The Morgan fingerprint density at radius 2 is 1.42 bits per heavy atom. The van der Waals surface area contributed by atoms with Gasteiger partial charge in [0.2, 0.25) is 12.1 Å². The van der Waals surface area contributed by atoms with Crippen molar-refractivity contribution in [2.24, 2.45) is 35.5 Å². The van der Waals surface area contributed by atoms with Crippen LogP contribution in [0.25, 0.3) is 0 Å². The highest BCUT2D eigenvalue weighted by molar-refractivity contribution is 6.39. The van der Waals surface area contributed by atoms with Gasteiger partial charge in [0.05, 0.1) is 31.5 Å². The number of ether oxygens (including phenoxy) is 10. The van der Waals surface area contributed by atoms with Crippen molar-refractivity contribution in [1.82, 2.24) is 4.90 Å². The van der Waals surface area contributed by atoms with Gasteiger partial charge in [-0.05, 0) is 107 Å². The molecule has 1 amide bonds. The number of nitrogens with zero attached hydrogens (tertiary/aromatic N) is 1.